The summed E-state index contributed by atoms with van der Waals surface area (Å²) in [6, 6.07) is 4.06. The first-order chi connectivity index (χ1) is 8.61. The van der Waals surface area contributed by atoms with E-state index >= 15 is 0 Å². The summed E-state index contributed by atoms with van der Waals surface area (Å²) in [6.07, 6.45) is 1.00. The highest BCUT2D eigenvalue weighted by Gasteiger charge is 2.11. The Balaban J connectivity index is 2.36. The molecule has 0 unspecified atom stereocenters. The Hall–Kier alpha value is -1.84. The molecule has 1 aromatic heterocycles. The molecule has 0 radical (unpaired) electrons. The molecule has 96 valence electrons. The quantitative estimate of drug-likeness (QED) is 0.829. The Labute approximate surface area is 107 Å². The molecule has 0 bridgehead atoms. The summed E-state index contributed by atoms with van der Waals surface area (Å²) in [5.74, 6) is 2.16. The number of hydrogen-bond donors (Lipinski definition) is 0. The van der Waals surface area contributed by atoms with Gasteiger partial charge in [0.25, 0.3) is 0 Å². The number of nitrogens with zero attached hydrogens (tertiary/aromatic N) is 2. The fraction of sp³-hybridized carbons (Fsp3) is 0.429. The van der Waals surface area contributed by atoms with E-state index in [1.165, 1.54) is 0 Å². The minimum Gasteiger partial charge on any atom is -0.493 e. The maximum absolute atomic E-state index is 5.75. The third-order valence-electron chi connectivity index (χ3n) is 2.70. The predicted octanol–water partition coefficient (Wildman–Crippen LogP) is 3.45. The van der Waals surface area contributed by atoms with Crippen molar-refractivity contribution in [2.24, 2.45) is 0 Å². The molecule has 4 nitrogen and oxygen atoms in total. The lowest BCUT2D eigenvalue weighted by atomic mass is 10.1. The molecular formula is C14H18N2O2. The third kappa shape index (κ3) is 2.53. The second kappa shape index (κ2) is 5.21. The average Bonchev–Trinajstić information content (AvgIpc) is 2.75. The summed E-state index contributed by atoms with van der Waals surface area (Å²) in [5.41, 5.74) is 3.16. The Bertz CT molecular complexity index is 523. The standard InChI is InChI=1S/C14H18N2O2/c1-5-6-17-13-9(2)7-12(8-10(13)3)14-15-11(4)18-16-14/h7-8H,5-6H2,1-4H3. The molecule has 0 aliphatic rings. The van der Waals surface area contributed by atoms with Gasteiger partial charge in [0.2, 0.25) is 11.7 Å². The van der Waals surface area contributed by atoms with E-state index in [-0.39, 0.29) is 0 Å². The molecule has 1 aromatic carbocycles. The van der Waals surface area contributed by atoms with E-state index in [1.807, 2.05) is 26.0 Å². The van der Waals surface area contributed by atoms with Crippen LogP contribution in [0.3, 0.4) is 0 Å². The molecule has 4 heteroatoms. The predicted molar refractivity (Wildman–Crippen MR) is 69.7 cm³/mol. The highest BCUT2D eigenvalue weighted by atomic mass is 16.5. The van der Waals surface area contributed by atoms with Crippen molar-refractivity contribution >= 4 is 0 Å². The largest absolute Gasteiger partial charge is 0.493 e. The van der Waals surface area contributed by atoms with Crippen molar-refractivity contribution < 1.29 is 9.26 Å². The molecule has 1 heterocycles. The highest BCUT2D eigenvalue weighted by Crippen LogP contribution is 2.29. The highest BCUT2D eigenvalue weighted by molar-refractivity contribution is 5.60. The summed E-state index contributed by atoms with van der Waals surface area (Å²) in [7, 11) is 0. The molecule has 0 atom stereocenters. The van der Waals surface area contributed by atoms with Gasteiger partial charge in [0, 0.05) is 12.5 Å². The van der Waals surface area contributed by atoms with Gasteiger partial charge < -0.3 is 9.26 Å². The number of hydrogen-bond acceptors (Lipinski definition) is 4. The zero-order valence-electron chi connectivity index (χ0n) is 11.3. The Kier molecular flexibility index (Phi) is 3.65. The molecule has 0 aliphatic carbocycles. The topological polar surface area (TPSA) is 48.2 Å². The fourth-order valence-corrected chi connectivity index (χ4v) is 1.93. The normalized spacial score (nSPS) is 10.7. The SMILES string of the molecule is CCCOc1c(C)cc(-c2noc(C)n2)cc1C. The van der Waals surface area contributed by atoms with Crippen LogP contribution in [0.1, 0.15) is 30.4 Å². The maximum Gasteiger partial charge on any atom is 0.223 e. The van der Waals surface area contributed by atoms with E-state index in [9.17, 15) is 0 Å². The summed E-state index contributed by atoms with van der Waals surface area (Å²) in [4.78, 5) is 4.24. The van der Waals surface area contributed by atoms with Crippen LogP contribution in [0.25, 0.3) is 11.4 Å². The van der Waals surface area contributed by atoms with Crippen LogP contribution < -0.4 is 4.74 Å². The van der Waals surface area contributed by atoms with Crippen molar-refractivity contribution in [3.05, 3.63) is 29.2 Å². The van der Waals surface area contributed by atoms with E-state index < -0.39 is 0 Å². The molecule has 18 heavy (non-hydrogen) atoms. The zero-order chi connectivity index (χ0) is 13.1. The molecule has 2 aromatic rings. The summed E-state index contributed by atoms with van der Waals surface area (Å²) in [5, 5.41) is 3.93. The van der Waals surface area contributed by atoms with Crippen molar-refractivity contribution in [3.8, 4) is 17.1 Å². The Morgan fingerprint density at radius 3 is 2.33 bits per heavy atom. The minimum atomic E-state index is 0.576. The first-order valence-electron chi connectivity index (χ1n) is 6.16. The van der Waals surface area contributed by atoms with Gasteiger partial charge in [0.1, 0.15) is 5.75 Å². The van der Waals surface area contributed by atoms with Crippen molar-refractivity contribution in [2.45, 2.75) is 34.1 Å². The van der Waals surface area contributed by atoms with Crippen molar-refractivity contribution in [1.29, 1.82) is 0 Å². The van der Waals surface area contributed by atoms with Crippen LogP contribution in [0, 0.1) is 20.8 Å². The van der Waals surface area contributed by atoms with E-state index in [1.54, 1.807) is 6.92 Å². The average molecular weight is 246 g/mol. The minimum absolute atomic E-state index is 0.576. The van der Waals surface area contributed by atoms with Crippen LogP contribution in [0.15, 0.2) is 16.7 Å². The van der Waals surface area contributed by atoms with Crippen LogP contribution in [-0.4, -0.2) is 16.7 Å². The molecule has 0 N–H and O–H groups in total. The lowest BCUT2D eigenvalue weighted by molar-refractivity contribution is 0.313. The van der Waals surface area contributed by atoms with Crippen LogP contribution in [0.4, 0.5) is 0 Å². The monoisotopic (exact) mass is 246 g/mol. The molecule has 0 saturated carbocycles. The summed E-state index contributed by atoms with van der Waals surface area (Å²) in [6.45, 7) is 8.70. The molecule has 2 rings (SSSR count). The second-order valence-corrected chi connectivity index (χ2v) is 4.42. The fourth-order valence-electron chi connectivity index (χ4n) is 1.93. The van der Waals surface area contributed by atoms with Crippen LogP contribution in [0.5, 0.6) is 5.75 Å². The van der Waals surface area contributed by atoms with Crippen LogP contribution in [0.2, 0.25) is 0 Å². The number of benzene rings is 1. The van der Waals surface area contributed by atoms with Gasteiger partial charge in [-0.05, 0) is 43.5 Å². The molecule has 0 fully saturated rings. The van der Waals surface area contributed by atoms with E-state index in [0.717, 1.165) is 35.5 Å². The van der Waals surface area contributed by atoms with Crippen LogP contribution >= 0.6 is 0 Å². The molecule has 0 amide bonds. The Morgan fingerprint density at radius 2 is 1.83 bits per heavy atom. The van der Waals surface area contributed by atoms with Gasteiger partial charge in [-0.25, -0.2) is 0 Å². The van der Waals surface area contributed by atoms with Gasteiger partial charge >= 0.3 is 0 Å². The maximum atomic E-state index is 5.75. The van der Waals surface area contributed by atoms with Crippen LogP contribution in [-0.2, 0) is 0 Å². The van der Waals surface area contributed by atoms with Gasteiger partial charge in [-0.15, -0.1) is 0 Å². The number of aromatic nitrogens is 2. The molecular weight excluding hydrogens is 228 g/mol. The van der Waals surface area contributed by atoms with Gasteiger partial charge in [-0.2, -0.15) is 4.98 Å². The lowest BCUT2D eigenvalue weighted by Crippen LogP contribution is -1.99. The van der Waals surface area contributed by atoms with Gasteiger partial charge in [0.15, 0.2) is 0 Å². The third-order valence-corrected chi connectivity index (χ3v) is 2.70. The molecule has 0 aliphatic heterocycles. The first-order valence-corrected chi connectivity index (χ1v) is 6.16. The summed E-state index contributed by atoms with van der Waals surface area (Å²) < 4.78 is 10.7. The van der Waals surface area contributed by atoms with E-state index in [2.05, 4.69) is 17.1 Å². The number of ether oxygens (including phenoxy) is 1. The smallest absolute Gasteiger partial charge is 0.223 e. The van der Waals surface area contributed by atoms with Gasteiger partial charge in [0.05, 0.1) is 6.61 Å². The zero-order valence-corrected chi connectivity index (χ0v) is 11.3. The van der Waals surface area contributed by atoms with Gasteiger partial charge in [-0.1, -0.05) is 12.1 Å². The van der Waals surface area contributed by atoms with Crippen molar-refractivity contribution in [1.82, 2.24) is 10.1 Å². The molecule has 0 spiro atoms. The summed E-state index contributed by atoms with van der Waals surface area (Å²) >= 11 is 0. The van der Waals surface area contributed by atoms with Crippen molar-refractivity contribution in [3.63, 3.8) is 0 Å². The van der Waals surface area contributed by atoms with Crippen molar-refractivity contribution in [2.75, 3.05) is 6.61 Å². The first kappa shape index (κ1) is 12.6. The second-order valence-electron chi connectivity index (χ2n) is 4.42. The van der Waals surface area contributed by atoms with E-state index in [4.69, 9.17) is 9.26 Å². The lowest BCUT2D eigenvalue weighted by Gasteiger charge is -2.12. The molecule has 0 saturated heterocycles. The number of aryl methyl sites for hydroxylation is 3. The van der Waals surface area contributed by atoms with E-state index in [0.29, 0.717) is 11.7 Å². The Morgan fingerprint density at radius 1 is 1.17 bits per heavy atom. The number of rotatable bonds is 4. The van der Waals surface area contributed by atoms with Gasteiger partial charge in [-0.3, -0.25) is 0 Å².